The Kier molecular flexibility index (Phi) is 3.74. The lowest BCUT2D eigenvalue weighted by Gasteiger charge is -2.38. The lowest BCUT2D eigenvalue weighted by Crippen LogP contribution is -2.59. The summed E-state index contributed by atoms with van der Waals surface area (Å²) in [5.41, 5.74) is 0.0471. The number of carbonyl (C=O) groups excluding carboxylic acids is 1. The summed E-state index contributed by atoms with van der Waals surface area (Å²) >= 11 is 3.36. The Balaban J connectivity index is 1.77. The lowest BCUT2D eigenvalue weighted by molar-refractivity contribution is -0.148. The van der Waals surface area contributed by atoms with Crippen LogP contribution in [-0.2, 0) is 4.79 Å². The zero-order chi connectivity index (χ0) is 15.7. The summed E-state index contributed by atoms with van der Waals surface area (Å²) in [6.45, 7) is 0. The van der Waals surface area contributed by atoms with Crippen LogP contribution in [0.1, 0.15) is 29.6 Å². The molecule has 0 radical (unpaired) electrons. The highest BCUT2D eigenvalue weighted by Crippen LogP contribution is 2.32. The third-order valence-corrected chi connectivity index (χ3v) is 4.43. The van der Waals surface area contributed by atoms with Gasteiger partial charge < -0.3 is 10.4 Å². The number of amides is 1. The Hall–Kier alpha value is -2.15. The summed E-state index contributed by atoms with van der Waals surface area (Å²) in [6, 6.07) is 7.49. The third-order valence-electron chi connectivity index (χ3n) is 3.91. The van der Waals surface area contributed by atoms with Crippen molar-refractivity contribution in [1.29, 1.82) is 0 Å². The molecule has 22 heavy (non-hydrogen) atoms. The Morgan fingerprint density at radius 1 is 1.27 bits per heavy atom. The van der Waals surface area contributed by atoms with Gasteiger partial charge in [-0.25, -0.2) is 9.48 Å². The molecule has 1 amide bonds. The van der Waals surface area contributed by atoms with E-state index in [0.717, 1.165) is 16.6 Å². The van der Waals surface area contributed by atoms with Crippen molar-refractivity contribution in [2.24, 2.45) is 0 Å². The molecule has 1 aliphatic carbocycles. The highest BCUT2D eigenvalue weighted by Gasteiger charge is 2.45. The molecule has 0 spiro atoms. The molecule has 114 valence electrons. The van der Waals surface area contributed by atoms with Gasteiger partial charge in [-0.15, -0.1) is 0 Å². The van der Waals surface area contributed by atoms with Gasteiger partial charge in [0.25, 0.3) is 5.91 Å². The van der Waals surface area contributed by atoms with Gasteiger partial charge in [0, 0.05) is 10.7 Å². The Bertz CT molecular complexity index is 720. The molecule has 1 aromatic carbocycles. The van der Waals surface area contributed by atoms with E-state index in [1.165, 1.54) is 6.20 Å². The summed E-state index contributed by atoms with van der Waals surface area (Å²) in [5.74, 6) is -1.39. The van der Waals surface area contributed by atoms with Gasteiger partial charge in [-0.05, 0) is 43.5 Å². The number of aliphatic carboxylic acids is 1. The third kappa shape index (κ3) is 2.64. The van der Waals surface area contributed by atoms with Gasteiger partial charge in [0.15, 0.2) is 0 Å². The molecule has 1 fully saturated rings. The molecule has 0 atom stereocenters. The minimum atomic E-state index is -1.11. The standard InChI is InChI=1S/C15H14BrN3O3/c16-11-2-4-12(5-3-11)19-9-10(8-17-19)13(20)18-15(14(21)22)6-1-7-15/h2-5,8-9H,1,6-7H2,(H,18,20)(H,21,22). The smallest absolute Gasteiger partial charge is 0.329 e. The van der Waals surface area contributed by atoms with Gasteiger partial charge >= 0.3 is 5.97 Å². The number of nitrogens with zero attached hydrogens (tertiary/aromatic N) is 2. The van der Waals surface area contributed by atoms with Crippen molar-refractivity contribution in [2.75, 3.05) is 0 Å². The van der Waals surface area contributed by atoms with Gasteiger partial charge in [-0.2, -0.15) is 5.10 Å². The van der Waals surface area contributed by atoms with Crippen molar-refractivity contribution in [3.63, 3.8) is 0 Å². The maximum Gasteiger partial charge on any atom is 0.329 e. The minimum Gasteiger partial charge on any atom is -0.480 e. The molecule has 0 saturated heterocycles. The van der Waals surface area contributed by atoms with Crippen LogP contribution < -0.4 is 5.32 Å². The Labute approximate surface area is 135 Å². The van der Waals surface area contributed by atoms with Crippen molar-refractivity contribution >= 4 is 27.8 Å². The van der Waals surface area contributed by atoms with Gasteiger partial charge in [0.05, 0.1) is 17.4 Å². The van der Waals surface area contributed by atoms with Crippen molar-refractivity contribution in [1.82, 2.24) is 15.1 Å². The summed E-state index contributed by atoms with van der Waals surface area (Å²) in [4.78, 5) is 23.5. The fourth-order valence-corrected chi connectivity index (χ4v) is 2.65. The molecule has 2 N–H and O–H groups in total. The van der Waals surface area contributed by atoms with Crippen molar-refractivity contribution in [2.45, 2.75) is 24.8 Å². The normalized spacial score (nSPS) is 15.9. The van der Waals surface area contributed by atoms with E-state index in [0.29, 0.717) is 18.4 Å². The van der Waals surface area contributed by atoms with Gasteiger partial charge in [-0.3, -0.25) is 4.79 Å². The zero-order valence-electron chi connectivity index (χ0n) is 11.6. The van der Waals surface area contributed by atoms with E-state index >= 15 is 0 Å². The van der Waals surface area contributed by atoms with E-state index in [1.54, 1.807) is 10.9 Å². The summed E-state index contributed by atoms with van der Waals surface area (Å²) in [7, 11) is 0. The molecule has 0 bridgehead atoms. The largest absolute Gasteiger partial charge is 0.480 e. The second kappa shape index (κ2) is 5.57. The summed E-state index contributed by atoms with van der Waals surface area (Å²) in [5, 5.41) is 16.0. The number of carboxylic acid groups (broad SMARTS) is 1. The van der Waals surface area contributed by atoms with Crippen LogP contribution in [0.25, 0.3) is 5.69 Å². The molecule has 3 rings (SSSR count). The highest BCUT2D eigenvalue weighted by atomic mass is 79.9. The molecule has 1 aromatic heterocycles. The number of aromatic nitrogens is 2. The van der Waals surface area contributed by atoms with Crippen LogP contribution in [0.4, 0.5) is 0 Å². The van der Waals surface area contributed by atoms with Crippen LogP contribution in [-0.4, -0.2) is 32.3 Å². The second-order valence-corrected chi connectivity index (χ2v) is 6.26. The predicted molar refractivity (Wildman–Crippen MR) is 82.9 cm³/mol. The molecule has 7 heteroatoms. The number of hydrogen-bond donors (Lipinski definition) is 2. The van der Waals surface area contributed by atoms with E-state index in [-0.39, 0.29) is 0 Å². The number of benzene rings is 1. The first-order valence-electron chi connectivity index (χ1n) is 6.87. The molecule has 1 saturated carbocycles. The monoisotopic (exact) mass is 363 g/mol. The van der Waals surface area contributed by atoms with Crippen molar-refractivity contribution in [3.05, 3.63) is 46.7 Å². The highest BCUT2D eigenvalue weighted by molar-refractivity contribution is 9.10. The number of rotatable bonds is 4. The topological polar surface area (TPSA) is 84.2 Å². The summed E-state index contributed by atoms with van der Waals surface area (Å²) < 4.78 is 2.53. The van der Waals surface area contributed by atoms with Crippen molar-refractivity contribution < 1.29 is 14.7 Å². The van der Waals surface area contributed by atoms with Crippen LogP contribution in [0.15, 0.2) is 41.1 Å². The first-order valence-corrected chi connectivity index (χ1v) is 7.66. The van der Waals surface area contributed by atoms with Gasteiger partial charge in [0.2, 0.25) is 0 Å². The molecular weight excluding hydrogens is 350 g/mol. The molecule has 0 unspecified atom stereocenters. The molecule has 6 nitrogen and oxygen atoms in total. The quantitative estimate of drug-likeness (QED) is 0.873. The number of carboxylic acids is 1. The molecule has 1 aliphatic rings. The van der Waals surface area contributed by atoms with Crippen LogP contribution >= 0.6 is 15.9 Å². The fourth-order valence-electron chi connectivity index (χ4n) is 2.39. The van der Waals surface area contributed by atoms with Crippen LogP contribution in [0, 0.1) is 0 Å². The molecular formula is C15H14BrN3O3. The number of carbonyl (C=O) groups is 2. The van der Waals surface area contributed by atoms with E-state index in [2.05, 4.69) is 26.3 Å². The first-order chi connectivity index (χ1) is 10.5. The zero-order valence-corrected chi connectivity index (χ0v) is 13.2. The van der Waals surface area contributed by atoms with Gasteiger partial charge in [-0.1, -0.05) is 15.9 Å². The number of nitrogens with one attached hydrogen (secondary N) is 1. The molecule has 2 aromatic rings. The molecule has 1 heterocycles. The number of hydrogen-bond acceptors (Lipinski definition) is 3. The maximum atomic E-state index is 12.2. The van der Waals surface area contributed by atoms with E-state index in [4.69, 9.17) is 0 Å². The molecule has 0 aliphatic heterocycles. The van der Waals surface area contributed by atoms with E-state index in [1.807, 2.05) is 24.3 Å². The SMILES string of the molecule is O=C(NC1(C(=O)O)CCC1)c1cnn(-c2ccc(Br)cc2)c1. The maximum absolute atomic E-state index is 12.2. The van der Waals surface area contributed by atoms with Crippen LogP contribution in [0.5, 0.6) is 0 Å². The second-order valence-electron chi connectivity index (χ2n) is 5.34. The summed E-state index contributed by atoms with van der Waals surface area (Å²) in [6.07, 6.45) is 4.77. The Morgan fingerprint density at radius 2 is 1.95 bits per heavy atom. The number of halogens is 1. The van der Waals surface area contributed by atoms with Crippen molar-refractivity contribution in [3.8, 4) is 5.69 Å². The van der Waals surface area contributed by atoms with Crippen LogP contribution in [0.3, 0.4) is 0 Å². The predicted octanol–water partition coefficient (Wildman–Crippen LogP) is 2.37. The van der Waals surface area contributed by atoms with E-state index in [9.17, 15) is 14.7 Å². The fraction of sp³-hybridized carbons (Fsp3) is 0.267. The Morgan fingerprint density at radius 3 is 2.50 bits per heavy atom. The first kappa shape index (κ1) is 14.8. The average Bonchev–Trinajstić information content (AvgIpc) is 2.93. The van der Waals surface area contributed by atoms with E-state index < -0.39 is 17.4 Å². The minimum absolute atomic E-state index is 0.343. The average molecular weight is 364 g/mol. The van der Waals surface area contributed by atoms with Gasteiger partial charge in [0.1, 0.15) is 5.54 Å². The van der Waals surface area contributed by atoms with Crippen LogP contribution in [0.2, 0.25) is 0 Å². The lowest BCUT2D eigenvalue weighted by atomic mass is 9.76.